The number of fused-ring (bicyclic) bond motifs is 1. The molecule has 0 aliphatic carbocycles. The van der Waals surface area contributed by atoms with Crippen molar-refractivity contribution in [2.75, 3.05) is 22.9 Å². The number of carbonyl (C=O) groups excluding carboxylic acids is 3. The van der Waals surface area contributed by atoms with Gasteiger partial charge < -0.3 is 47.1 Å². The molecule has 258 valence electrons. The van der Waals surface area contributed by atoms with Crippen LogP contribution in [0.2, 0.25) is 0 Å². The predicted octanol–water partition coefficient (Wildman–Crippen LogP) is 1.50. The molecule has 2 heterocycles. The quantitative estimate of drug-likeness (QED) is 0.114. The Kier molecular flexibility index (Phi) is 11.8. The Morgan fingerprint density at radius 1 is 0.917 bits per heavy atom. The molecule has 3 aromatic rings. The van der Waals surface area contributed by atoms with E-state index in [-0.39, 0.29) is 36.7 Å². The van der Waals surface area contributed by atoms with Crippen LogP contribution in [-0.4, -0.2) is 90.3 Å². The van der Waals surface area contributed by atoms with Gasteiger partial charge in [0, 0.05) is 36.8 Å². The van der Waals surface area contributed by atoms with Crippen molar-refractivity contribution in [1.82, 2.24) is 25.6 Å². The number of aromatic amines is 1. The number of carboxylic acid groups (broad SMARTS) is 3. The molecule has 2 atom stereocenters. The fourth-order valence-corrected chi connectivity index (χ4v) is 4.58. The number of benzene rings is 1. The summed E-state index contributed by atoms with van der Waals surface area (Å²) < 4.78 is 5.59. The van der Waals surface area contributed by atoms with Crippen molar-refractivity contribution < 1.29 is 48.8 Å². The van der Waals surface area contributed by atoms with Crippen molar-refractivity contribution in [3.05, 3.63) is 41.6 Å². The molecule has 0 aliphatic heterocycles. The number of nitrogens with zero attached hydrogens (tertiary/aromatic N) is 3. The molecule has 0 unspecified atom stereocenters. The van der Waals surface area contributed by atoms with Crippen LogP contribution >= 0.6 is 0 Å². The molecule has 2 aromatic heterocycles. The van der Waals surface area contributed by atoms with E-state index in [1.807, 2.05) is 0 Å². The first-order valence-corrected chi connectivity index (χ1v) is 14.7. The average molecular weight is 671 g/mol. The number of hydrogen-bond acceptors (Lipinski definition) is 11. The van der Waals surface area contributed by atoms with E-state index in [4.69, 9.17) is 21.3 Å². The van der Waals surface area contributed by atoms with Gasteiger partial charge in [-0.1, -0.05) is 0 Å². The summed E-state index contributed by atoms with van der Waals surface area (Å²) in [6, 6.07) is 2.75. The smallest absolute Gasteiger partial charge is 0.414 e. The normalized spacial score (nSPS) is 12.5. The highest BCUT2D eigenvalue weighted by molar-refractivity contribution is 5.98. The van der Waals surface area contributed by atoms with Crippen LogP contribution in [0.1, 0.15) is 62.4 Å². The van der Waals surface area contributed by atoms with Gasteiger partial charge in [0.25, 0.3) is 5.91 Å². The molecule has 3 amide bonds. The monoisotopic (exact) mass is 670 g/mol. The number of rotatable bonds is 15. The largest absolute Gasteiger partial charge is 0.481 e. The Bertz CT molecular complexity index is 1680. The topological polar surface area (TPSA) is 293 Å². The van der Waals surface area contributed by atoms with Crippen LogP contribution in [0.3, 0.4) is 0 Å². The number of carbonyl (C=O) groups is 6. The summed E-state index contributed by atoms with van der Waals surface area (Å²) in [5.74, 6) is -5.55. The van der Waals surface area contributed by atoms with Gasteiger partial charge >= 0.3 is 24.0 Å². The van der Waals surface area contributed by atoms with Crippen molar-refractivity contribution in [3.63, 3.8) is 0 Å². The number of amides is 3. The molecule has 0 fully saturated rings. The first-order valence-electron chi connectivity index (χ1n) is 14.7. The van der Waals surface area contributed by atoms with E-state index in [0.29, 0.717) is 23.1 Å². The van der Waals surface area contributed by atoms with Crippen LogP contribution in [0.5, 0.6) is 0 Å². The second-order valence-electron chi connectivity index (χ2n) is 11.7. The van der Waals surface area contributed by atoms with Crippen molar-refractivity contribution in [3.8, 4) is 0 Å². The first-order chi connectivity index (χ1) is 22.4. The highest BCUT2D eigenvalue weighted by Gasteiger charge is 2.27. The lowest BCUT2D eigenvalue weighted by molar-refractivity contribution is -0.143. The number of hydrogen-bond donors (Lipinski definition) is 8. The molecule has 0 radical (unpaired) electrons. The predicted molar refractivity (Wildman–Crippen MR) is 171 cm³/mol. The minimum atomic E-state index is -1.51. The van der Waals surface area contributed by atoms with Gasteiger partial charge in [-0.15, -0.1) is 0 Å². The van der Waals surface area contributed by atoms with E-state index in [1.165, 1.54) is 29.2 Å². The van der Waals surface area contributed by atoms with Crippen LogP contribution in [0.15, 0.2) is 30.5 Å². The SMILES string of the molecule is CC(C)(C)OC(=O)N(CCc1c[nH]c2nc(N)nc(N)c12)c1ccc(C(=O)N[C@@H](CCC(=O)N[C@@H](CCC(=O)O)C(=O)O)C(=O)O)cc1. The Morgan fingerprint density at radius 3 is 2.10 bits per heavy atom. The summed E-state index contributed by atoms with van der Waals surface area (Å²) >= 11 is 0. The number of anilines is 3. The number of nitrogen functional groups attached to an aromatic ring is 2. The Morgan fingerprint density at radius 2 is 1.52 bits per heavy atom. The van der Waals surface area contributed by atoms with Gasteiger partial charge in [0.2, 0.25) is 11.9 Å². The summed E-state index contributed by atoms with van der Waals surface area (Å²) in [6.45, 7) is 5.26. The molecule has 10 N–H and O–H groups in total. The van der Waals surface area contributed by atoms with Crippen LogP contribution < -0.4 is 27.0 Å². The summed E-state index contributed by atoms with van der Waals surface area (Å²) in [7, 11) is 0. The van der Waals surface area contributed by atoms with Crippen LogP contribution in [0.4, 0.5) is 22.2 Å². The number of ether oxygens (including phenoxy) is 1. The van der Waals surface area contributed by atoms with Gasteiger partial charge in [-0.05, 0) is 69.9 Å². The Labute approximate surface area is 273 Å². The summed E-state index contributed by atoms with van der Waals surface area (Å²) in [6.07, 6.45) is -0.367. The van der Waals surface area contributed by atoms with Crippen LogP contribution in [0.25, 0.3) is 11.0 Å². The van der Waals surface area contributed by atoms with Crippen molar-refractivity contribution in [2.24, 2.45) is 0 Å². The number of H-pyrrole nitrogens is 1. The average Bonchev–Trinajstić information content (AvgIpc) is 3.39. The molecule has 3 rings (SSSR count). The van der Waals surface area contributed by atoms with E-state index < -0.39 is 66.3 Å². The zero-order valence-corrected chi connectivity index (χ0v) is 26.5. The standard InChI is InChI=1S/C30H38N8O10/c1-30(2,3)48-29(47)38(13-12-16-14-33-24-22(16)23(31)36-28(32)37-24)17-6-4-15(5-7-17)25(42)35-19(27(45)46)8-10-20(39)34-18(26(43)44)9-11-21(40)41/h4-7,14,18-19H,8-13H2,1-3H3,(H,34,39)(H,35,42)(H,40,41)(H,43,44)(H,45,46)(H5,31,32,33,36,37)/t18-,19-/m0/s1. The third kappa shape index (κ3) is 10.3. The van der Waals surface area contributed by atoms with Crippen LogP contribution in [0, 0.1) is 0 Å². The highest BCUT2D eigenvalue weighted by Crippen LogP contribution is 2.25. The van der Waals surface area contributed by atoms with E-state index in [1.54, 1.807) is 27.0 Å². The number of nitrogens with one attached hydrogen (secondary N) is 3. The number of nitrogens with two attached hydrogens (primary N) is 2. The minimum absolute atomic E-state index is 0.00641. The van der Waals surface area contributed by atoms with Gasteiger partial charge in [0.05, 0.1) is 5.39 Å². The van der Waals surface area contributed by atoms with Gasteiger partial charge in [-0.25, -0.2) is 14.4 Å². The number of aromatic nitrogens is 3. The third-order valence-electron chi connectivity index (χ3n) is 6.86. The van der Waals surface area contributed by atoms with Gasteiger partial charge in [0.1, 0.15) is 29.1 Å². The molecule has 1 aromatic carbocycles. The highest BCUT2D eigenvalue weighted by atomic mass is 16.6. The molecular formula is C30H38N8O10. The second kappa shape index (κ2) is 15.6. The molecule has 0 spiro atoms. The number of carboxylic acids is 3. The zero-order valence-electron chi connectivity index (χ0n) is 26.5. The molecule has 0 aliphatic rings. The molecule has 18 heteroatoms. The Balaban J connectivity index is 1.71. The third-order valence-corrected chi connectivity index (χ3v) is 6.86. The lowest BCUT2D eigenvalue weighted by Gasteiger charge is -2.27. The van der Waals surface area contributed by atoms with E-state index in [9.17, 15) is 39.0 Å². The van der Waals surface area contributed by atoms with Crippen molar-refractivity contribution in [2.45, 2.75) is 70.6 Å². The maximum absolute atomic E-state index is 13.2. The van der Waals surface area contributed by atoms with Gasteiger partial charge in [-0.3, -0.25) is 19.3 Å². The van der Waals surface area contributed by atoms with Crippen LogP contribution in [-0.2, 0) is 30.3 Å². The lowest BCUT2D eigenvalue weighted by Crippen LogP contribution is -2.44. The summed E-state index contributed by atoms with van der Waals surface area (Å²) in [5, 5.41) is 32.6. The molecule has 0 bridgehead atoms. The minimum Gasteiger partial charge on any atom is -0.481 e. The molecule has 48 heavy (non-hydrogen) atoms. The molecule has 18 nitrogen and oxygen atoms in total. The summed E-state index contributed by atoms with van der Waals surface area (Å²) in [5.41, 5.74) is 12.5. The maximum Gasteiger partial charge on any atom is 0.414 e. The number of aliphatic carboxylic acids is 3. The van der Waals surface area contributed by atoms with E-state index in [2.05, 4.69) is 25.6 Å². The van der Waals surface area contributed by atoms with E-state index in [0.717, 1.165) is 5.56 Å². The lowest BCUT2D eigenvalue weighted by atomic mass is 10.1. The fourth-order valence-electron chi connectivity index (χ4n) is 4.58. The van der Waals surface area contributed by atoms with Gasteiger partial charge in [0.15, 0.2) is 0 Å². The molecular weight excluding hydrogens is 632 g/mol. The summed E-state index contributed by atoms with van der Waals surface area (Å²) in [4.78, 5) is 84.8. The first kappa shape index (κ1) is 36.5. The van der Waals surface area contributed by atoms with Crippen molar-refractivity contribution >= 4 is 64.3 Å². The van der Waals surface area contributed by atoms with E-state index >= 15 is 0 Å². The maximum atomic E-state index is 13.2. The van der Waals surface area contributed by atoms with Crippen molar-refractivity contribution in [1.29, 1.82) is 0 Å². The Hall–Kier alpha value is -5.94. The van der Waals surface area contributed by atoms with Gasteiger partial charge in [-0.2, -0.15) is 9.97 Å². The fraction of sp³-hybridized carbons (Fsp3) is 0.400. The second-order valence-corrected chi connectivity index (χ2v) is 11.7. The zero-order chi connectivity index (χ0) is 35.8. The molecule has 0 saturated heterocycles. The molecule has 0 saturated carbocycles.